The first-order valence-corrected chi connectivity index (χ1v) is 11.3. The number of nitrogens with zero attached hydrogens (tertiary/aromatic N) is 3. The zero-order valence-electron chi connectivity index (χ0n) is 18.6. The molecule has 2 aromatic heterocycles. The molecular formula is C26H28N4O3. The van der Waals surface area contributed by atoms with Gasteiger partial charge < -0.3 is 24.5 Å². The number of ether oxygens (including phenoxy) is 3. The second-order valence-corrected chi connectivity index (χ2v) is 8.25. The van der Waals surface area contributed by atoms with Crippen LogP contribution in [-0.2, 0) is 27.4 Å². The Morgan fingerprint density at radius 2 is 1.55 bits per heavy atom. The molecule has 1 aliphatic rings. The second kappa shape index (κ2) is 9.70. The van der Waals surface area contributed by atoms with E-state index in [-0.39, 0.29) is 24.5 Å². The Bertz CT molecular complexity index is 1180. The Morgan fingerprint density at radius 3 is 2.18 bits per heavy atom. The van der Waals surface area contributed by atoms with Gasteiger partial charge in [-0.05, 0) is 23.6 Å². The normalized spacial score (nSPS) is 22.7. The fourth-order valence-electron chi connectivity index (χ4n) is 4.41. The average Bonchev–Trinajstić information content (AvgIpc) is 3.44. The molecule has 0 saturated carbocycles. The van der Waals surface area contributed by atoms with E-state index in [2.05, 4.69) is 41.4 Å². The van der Waals surface area contributed by atoms with Crippen LogP contribution in [0.1, 0.15) is 30.7 Å². The van der Waals surface area contributed by atoms with Gasteiger partial charge in [0.15, 0.2) is 12.0 Å². The Morgan fingerprint density at radius 1 is 0.909 bits per heavy atom. The predicted octanol–water partition coefficient (Wildman–Crippen LogP) is 4.49. The molecule has 170 valence electrons. The third-order valence-electron chi connectivity index (χ3n) is 6.11. The summed E-state index contributed by atoms with van der Waals surface area (Å²) in [5.74, 6) is 0.398. The molecule has 2 aromatic carbocycles. The molecule has 1 aliphatic heterocycles. The van der Waals surface area contributed by atoms with Crippen LogP contribution in [-0.4, -0.2) is 33.1 Å². The summed E-state index contributed by atoms with van der Waals surface area (Å²) in [7, 11) is 0. The van der Waals surface area contributed by atoms with Crippen molar-refractivity contribution in [1.29, 1.82) is 0 Å². The van der Waals surface area contributed by atoms with Gasteiger partial charge in [0, 0.05) is 11.6 Å². The molecule has 0 aliphatic carbocycles. The summed E-state index contributed by atoms with van der Waals surface area (Å²) in [6.07, 6.45) is 3.45. The van der Waals surface area contributed by atoms with Gasteiger partial charge in [-0.1, -0.05) is 67.6 Å². The topological polar surface area (TPSA) is 84.4 Å². The maximum absolute atomic E-state index is 6.53. The molecule has 1 saturated heterocycles. The van der Waals surface area contributed by atoms with E-state index in [9.17, 15) is 0 Å². The molecule has 5 rings (SSSR count). The minimum atomic E-state index is -0.375. The lowest BCUT2D eigenvalue weighted by molar-refractivity contribution is -0.0892. The number of anilines is 1. The number of hydrogen-bond acceptors (Lipinski definition) is 6. The van der Waals surface area contributed by atoms with E-state index in [1.54, 1.807) is 6.20 Å². The van der Waals surface area contributed by atoms with Gasteiger partial charge in [-0.3, -0.25) is 0 Å². The van der Waals surface area contributed by atoms with E-state index in [0.29, 0.717) is 19.0 Å². The fraction of sp³-hybridized carbons (Fsp3) is 0.308. The number of hydrogen-bond donors (Lipinski definition) is 1. The summed E-state index contributed by atoms with van der Waals surface area (Å²) in [6.45, 7) is 3.07. The quantitative estimate of drug-likeness (QED) is 0.431. The van der Waals surface area contributed by atoms with Crippen molar-refractivity contribution in [2.75, 3.05) is 5.73 Å². The number of nitrogen functional groups attached to an aromatic ring is 1. The molecule has 3 heterocycles. The van der Waals surface area contributed by atoms with Gasteiger partial charge in [0.25, 0.3) is 0 Å². The minimum Gasteiger partial charge on any atom is -0.382 e. The molecule has 2 N–H and O–H groups in total. The molecule has 7 heteroatoms. The van der Waals surface area contributed by atoms with Crippen molar-refractivity contribution in [2.24, 2.45) is 0 Å². The predicted molar refractivity (Wildman–Crippen MR) is 126 cm³/mol. The molecular weight excluding hydrogens is 416 g/mol. The van der Waals surface area contributed by atoms with Gasteiger partial charge in [0.2, 0.25) is 0 Å². The highest BCUT2D eigenvalue weighted by Gasteiger charge is 2.46. The number of aromatic nitrogens is 3. The summed E-state index contributed by atoms with van der Waals surface area (Å²) < 4.78 is 21.5. The molecule has 0 radical (unpaired) electrons. The highest BCUT2D eigenvalue weighted by atomic mass is 16.6. The van der Waals surface area contributed by atoms with Gasteiger partial charge in [-0.25, -0.2) is 0 Å². The maximum atomic E-state index is 6.53. The van der Waals surface area contributed by atoms with Crippen LogP contribution >= 0.6 is 0 Å². The van der Waals surface area contributed by atoms with Crippen molar-refractivity contribution in [3.8, 4) is 0 Å². The van der Waals surface area contributed by atoms with E-state index in [0.717, 1.165) is 28.5 Å². The first-order chi connectivity index (χ1) is 16.2. The van der Waals surface area contributed by atoms with Crippen molar-refractivity contribution in [3.05, 3.63) is 90.3 Å². The van der Waals surface area contributed by atoms with Gasteiger partial charge in [-0.2, -0.15) is 5.10 Å². The zero-order chi connectivity index (χ0) is 22.6. The molecule has 1 fully saturated rings. The van der Waals surface area contributed by atoms with Gasteiger partial charge in [0.05, 0.1) is 31.0 Å². The van der Waals surface area contributed by atoms with Crippen LogP contribution in [0.15, 0.2) is 79.1 Å². The molecule has 4 atom stereocenters. The molecule has 0 amide bonds. The molecule has 0 bridgehead atoms. The highest BCUT2D eigenvalue weighted by Crippen LogP contribution is 2.38. The SMILES string of the molecule is CCC1OC(n2ccc3c(N)nncc32)C(OCc2ccccc2)C1OCc1ccccc1. The van der Waals surface area contributed by atoms with Crippen molar-refractivity contribution in [3.63, 3.8) is 0 Å². The van der Waals surface area contributed by atoms with E-state index in [4.69, 9.17) is 19.9 Å². The van der Waals surface area contributed by atoms with Crippen molar-refractivity contribution >= 4 is 16.7 Å². The first-order valence-electron chi connectivity index (χ1n) is 11.3. The number of benzene rings is 2. The summed E-state index contributed by atoms with van der Waals surface area (Å²) in [5.41, 5.74) is 9.13. The molecule has 33 heavy (non-hydrogen) atoms. The van der Waals surface area contributed by atoms with Crippen LogP contribution in [0.4, 0.5) is 5.82 Å². The lowest BCUT2D eigenvalue weighted by atomic mass is 10.1. The average molecular weight is 445 g/mol. The van der Waals surface area contributed by atoms with E-state index < -0.39 is 0 Å². The van der Waals surface area contributed by atoms with Crippen molar-refractivity contribution in [2.45, 2.75) is 51.1 Å². The second-order valence-electron chi connectivity index (χ2n) is 8.25. The largest absolute Gasteiger partial charge is 0.382 e. The standard InChI is InChI=1S/C26H28N4O3/c1-2-22-23(31-16-18-9-5-3-6-10-18)24(32-17-19-11-7-4-8-12-19)26(33-22)30-14-13-20-21(30)15-28-29-25(20)27/h3-15,22-24,26H,2,16-17H2,1H3,(H2,27,29). The number of nitrogens with two attached hydrogens (primary N) is 1. The zero-order valence-corrected chi connectivity index (χ0v) is 18.6. The van der Waals surface area contributed by atoms with Gasteiger partial charge in [-0.15, -0.1) is 5.10 Å². The van der Waals surface area contributed by atoms with Crippen LogP contribution in [0.5, 0.6) is 0 Å². The van der Waals surface area contributed by atoms with E-state index in [1.165, 1.54) is 0 Å². The van der Waals surface area contributed by atoms with Crippen LogP contribution < -0.4 is 5.73 Å². The van der Waals surface area contributed by atoms with E-state index >= 15 is 0 Å². The van der Waals surface area contributed by atoms with Gasteiger partial charge >= 0.3 is 0 Å². The Kier molecular flexibility index (Phi) is 6.35. The smallest absolute Gasteiger partial charge is 0.163 e. The Balaban J connectivity index is 1.45. The summed E-state index contributed by atoms with van der Waals surface area (Å²) in [4.78, 5) is 0. The maximum Gasteiger partial charge on any atom is 0.163 e. The molecule has 0 spiro atoms. The monoisotopic (exact) mass is 444 g/mol. The van der Waals surface area contributed by atoms with Crippen LogP contribution in [0.2, 0.25) is 0 Å². The third-order valence-corrected chi connectivity index (χ3v) is 6.11. The number of fused-ring (bicyclic) bond motifs is 1. The first kappa shape index (κ1) is 21.6. The summed E-state index contributed by atoms with van der Waals surface area (Å²) in [5, 5.41) is 8.86. The lowest BCUT2D eigenvalue weighted by Crippen LogP contribution is -2.36. The molecule has 4 aromatic rings. The number of rotatable bonds is 8. The van der Waals surface area contributed by atoms with Gasteiger partial charge in [0.1, 0.15) is 12.2 Å². The Labute approximate surface area is 193 Å². The third kappa shape index (κ3) is 4.48. The minimum absolute atomic E-state index is 0.107. The van der Waals surface area contributed by atoms with Crippen LogP contribution in [0, 0.1) is 0 Å². The highest BCUT2D eigenvalue weighted by molar-refractivity contribution is 5.88. The summed E-state index contributed by atoms with van der Waals surface area (Å²) in [6, 6.07) is 22.3. The van der Waals surface area contributed by atoms with E-state index in [1.807, 2.05) is 53.2 Å². The fourth-order valence-corrected chi connectivity index (χ4v) is 4.41. The summed E-state index contributed by atoms with van der Waals surface area (Å²) >= 11 is 0. The van der Waals surface area contributed by atoms with Crippen molar-refractivity contribution < 1.29 is 14.2 Å². The van der Waals surface area contributed by atoms with Crippen molar-refractivity contribution in [1.82, 2.24) is 14.8 Å². The molecule has 7 nitrogen and oxygen atoms in total. The Hall–Kier alpha value is -3.26. The van der Waals surface area contributed by atoms with Crippen LogP contribution in [0.3, 0.4) is 0 Å². The lowest BCUT2D eigenvalue weighted by Gasteiger charge is -2.26. The van der Waals surface area contributed by atoms with Crippen LogP contribution in [0.25, 0.3) is 10.9 Å². The molecule has 4 unspecified atom stereocenters.